The fourth-order valence-electron chi connectivity index (χ4n) is 3.37. The molecule has 0 spiro atoms. The predicted octanol–water partition coefficient (Wildman–Crippen LogP) is 1.30. The van der Waals surface area contributed by atoms with Crippen LogP contribution in [0.2, 0.25) is 0 Å². The van der Waals surface area contributed by atoms with E-state index in [4.69, 9.17) is 4.74 Å². The van der Waals surface area contributed by atoms with Gasteiger partial charge in [-0.3, -0.25) is 4.68 Å². The van der Waals surface area contributed by atoms with Crippen molar-refractivity contribution < 1.29 is 13.2 Å². The molecule has 0 radical (unpaired) electrons. The molecular weight excluding hydrogens is 290 g/mol. The number of hydrogen-bond donors (Lipinski definition) is 0. The topological polar surface area (TPSA) is 64.4 Å². The van der Waals surface area contributed by atoms with Gasteiger partial charge in [0.05, 0.1) is 18.9 Å². The molecule has 0 saturated carbocycles. The van der Waals surface area contributed by atoms with Crippen LogP contribution in [0.25, 0.3) is 0 Å². The molecular formula is C14H23N3O3S. The summed E-state index contributed by atoms with van der Waals surface area (Å²) in [4.78, 5) is 0. The Labute approximate surface area is 126 Å². The first-order valence-corrected chi connectivity index (χ1v) is 9.01. The fraction of sp³-hybridized carbons (Fsp3) is 0.786. The molecule has 118 valence electrons. The van der Waals surface area contributed by atoms with Crippen LogP contribution in [0.3, 0.4) is 0 Å². The number of hydrogen-bond acceptors (Lipinski definition) is 4. The summed E-state index contributed by atoms with van der Waals surface area (Å²) < 4.78 is 34.8. The van der Waals surface area contributed by atoms with Crippen molar-refractivity contribution in [1.82, 2.24) is 14.1 Å². The summed E-state index contributed by atoms with van der Waals surface area (Å²) in [6, 6.07) is 0.0267. The van der Waals surface area contributed by atoms with Crippen molar-refractivity contribution in [3.63, 3.8) is 0 Å². The molecule has 6 nitrogen and oxygen atoms in total. The second kappa shape index (κ2) is 5.37. The molecule has 3 rings (SSSR count). The maximum absolute atomic E-state index is 13.1. The molecule has 1 fully saturated rings. The number of aryl methyl sites for hydroxylation is 1. The van der Waals surface area contributed by atoms with E-state index in [9.17, 15) is 8.42 Å². The van der Waals surface area contributed by atoms with Crippen molar-refractivity contribution in [2.24, 2.45) is 13.0 Å². The van der Waals surface area contributed by atoms with Gasteiger partial charge in [0.1, 0.15) is 0 Å². The van der Waals surface area contributed by atoms with E-state index in [1.807, 2.05) is 6.92 Å². The summed E-state index contributed by atoms with van der Waals surface area (Å²) in [7, 11) is -1.81. The first-order chi connectivity index (χ1) is 9.93. The van der Waals surface area contributed by atoms with Crippen LogP contribution in [-0.4, -0.2) is 41.7 Å². The van der Waals surface area contributed by atoms with Crippen molar-refractivity contribution in [3.8, 4) is 0 Å². The Morgan fingerprint density at radius 3 is 2.86 bits per heavy atom. The minimum atomic E-state index is -3.52. The van der Waals surface area contributed by atoms with Crippen LogP contribution in [0.1, 0.15) is 37.9 Å². The average molecular weight is 313 g/mol. The van der Waals surface area contributed by atoms with Crippen LogP contribution in [0, 0.1) is 5.92 Å². The third kappa shape index (κ3) is 2.41. The van der Waals surface area contributed by atoms with Crippen molar-refractivity contribution in [2.75, 3.05) is 13.2 Å². The van der Waals surface area contributed by atoms with E-state index in [2.05, 4.69) is 12.0 Å². The highest BCUT2D eigenvalue weighted by atomic mass is 32.2. The van der Waals surface area contributed by atoms with Gasteiger partial charge in [0.15, 0.2) is 5.03 Å². The van der Waals surface area contributed by atoms with Gasteiger partial charge in [-0.15, -0.1) is 0 Å². The smallest absolute Gasteiger partial charge is 0.260 e. The van der Waals surface area contributed by atoms with Crippen molar-refractivity contribution in [2.45, 2.75) is 50.8 Å². The SMILES string of the molecule is CC1CCCN(S(=O)(=O)c2c3c(nn2C)CCOC3)C1C. The lowest BCUT2D eigenvalue weighted by molar-refractivity contribution is 0.108. The molecule has 7 heteroatoms. The Morgan fingerprint density at radius 1 is 1.33 bits per heavy atom. The van der Waals surface area contributed by atoms with E-state index in [0.717, 1.165) is 24.1 Å². The Bertz CT molecular complexity index is 638. The normalized spacial score (nSPS) is 27.6. The van der Waals surface area contributed by atoms with Crippen molar-refractivity contribution in [3.05, 3.63) is 11.3 Å². The summed E-state index contributed by atoms with van der Waals surface area (Å²) >= 11 is 0. The van der Waals surface area contributed by atoms with E-state index in [1.54, 1.807) is 11.4 Å². The highest BCUT2D eigenvalue weighted by molar-refractivity contribution is 7.89. The number of fused-ring (bicyclic) bond motifs is 1. The van der Waals surface area contributed by atoms with Gasteiger partial charge >= 0.3 is 0 Å². The number of sulfonamides is 1. The van der Waals surface area contributed by atoms with Crippen LogP contribution in [0.4, 0.5) is 0 Å². The Morgan fingerprint density at radius 2 is 2.10 bits per heavy atom. The number of aromatic nitrogens is 2. The standard InChI is InChI=1S/C14H23N3O3S/c1-10-5-4-7-17(11(10)2)21(18,19)14-12-9-20-8-6-13(12)15-16(14)3/h10-11H,4-9H2,1-3H3. The Balaban J connectivity index is 2.04. The fourth-order valence-corrected chi connectivity index (χ4v) is 5.47. The van der Waals surface area contributed by atoms with Crippen LogP contribution in [0.15, 0.2) is 5.03 Å². The van der Waals surface area contributed by atoms with Crippen molar-refractivity contribution in [1.29, 1.82) is 0 Å². The lowest BCUT2D eigenvalue weighted by Gasteiger charge is -2.36. The molecule has 2 aliphatic rings. The third-order valence-corrected chi connectivity index (χ3v) is 6.90. The zero-order chi connectivity index (χ0) is 15.2. The first-order valence-electron chi connectivity index (χ1n) is 7.57. The first kappa shape index (κ1) is 15.0. The lowest BCUT2D eigenvalue weighted by Crippen LogP contribution is -2.46. The zero-order valence-corrected chi connectivity index (χ0v) is 13.7. The molecule has 0 bridgehead atoms. The molecule has 0 aliphatic carbocycles. The summed E-state index contributed by atoms with van der Waals surface area (Å²) in [6.45, 7) is 5.67. The summed E-state index contributed by atoms with van der Waals surface area (Å²) in [6.07, 6.45) is 2.69. The van der Waals surface area contributed by atoms with Crippen LogP contribution < -0.4 is 0 Å². The van der Waals surface area contributed by atoms with Crippen LogP contribution in [-0.2, 0) is 34.8 Å². The summed E-state index contributed by atoms with van der Waals surface area (Å²) in [5.74, 6) is 0.383. The predicted molar refractivity (Wildman–Crippen MR) is 78.3 cm³/mol. The van der Waals surface area contributed by atoms with Gasteiger partial charge in [-0.05, 0) is 25.7 Å². The molecule has 3 heterocycles. The highest BCUT2D eigenvalue weighted by Crippen LogP contribution is 2.32. The molecule has 21 heavy (non-hydrogen) atoms. The maximum Gasteiger partial charge on any atom is 0.260 e. The molecule has 2 atom stereocenters. The van der Waals surface area contributed by atoms with E-state index in [-0.39, 0.29) is 6.04 Å². The van der Waals surface area contributed by atoms with E-state index >= 15 is 0 Å². The van der Waals surface area contributed by atoms with Crippen LogP contribution >= 0.6 is 0 Å². The van der Waals surface area contributed by atoms with Gasteiger partial charge in [-0.25, -0.2) is 8.42 Å². The third-order valence-electron chi connectivity index (χ3n) is 4.77. The minimum absolute atomic E-state index is 0.0267. The molecule has 2 aliphatic heterocycles. The molecule has 0 amide bonds. The molecule has 1 aromatic heterocycles. The minimum Gasteiger partial charge on any atom is -0.376 e. The van der Waals surface area contributed by atoms with Gasteiger partial charge in [0, 0.05) is 31.6 Å². The molecule has 0 aromatic carbocycles. The Kier molecular flexibility index (Phi) is 3.83. The quantitative estimate of drug-likeness (QED) is 0.825. The van der Waals surface area contributed by atoms with Gasteiger partial charge in [0.2, 0.25) is 0 Å². The number of rotatable bonds is 2. The summed E-state index contributed by atoms with van der Waals surface area (Å²) in [5.41, 5.74) is 1.61. The molecule has 1 saturated heterocycles. The largest absolute Gasteiger partial charge is 0.376 e. The van der Waals surface area contributed by atoms with Gasteiger partial charge in [-0.1, -0.05) is 6.92 Å². The molecule has 1 aromatic rings. The van der Waals surface area contributed by atoms with E-state index in [1.165, 1.54) is 4.68 Å². The highest BCUT2D eigenvalue weighted by Gasteiger charge is 2.39. The van der Waals surface area contributed by atoms with Gasteiger partial charge < -0.3 is 4.74 Å². The number of piperidine rings is 1. The Hall–Kier alpha value is -0.920. The maximum atomic E-state index is 13.1. The van der Waals surface area contributed by atoms with E-state index in [0.29, 0.717) is 37.1 Å². The number of ether oxygens (including phenoxy) is 1. The second-order valence-corrected chi connectivity index (χ2v) is 7.94. The van der Waals surface area contributed by atoms with Crippen molar-refractivity contribution >= 4 is 10.0 Å². The van der Waals surface area contributed by atoms with E-state index < -0.39 is 10.0 Å². The van der Waals surface area contributed by atoms with Crippen LogP contribution in [0.5, 0.6) is 0 Å². The lowest BCUT2D eigenvalue weighted by atomic mass is 9.94. The second-order valence-electron chi connectivity index (χ2n) is 6.13. The molecule has 2 unspecified atom stereocenters. The monoisotopic (exact) mass is 313 g/mol. The zero-order valence-electron chi connectivity index (χ0n) is 12.9. The average Bonchev–Trinajstić information content (AvgIpc) is 2.78. The number of nitrogens with zero attached hydrogens (tertiary/aromatic N) is 3. The summed E-state index contributed by atoms with van der Waals surface area (Å²) in [5, 5.41) is 4.70. The van der Waals surface area contributed by atoms with Gasteiger partial charge in [0.25, 0.3) is 10.0 Å². The van der Waals surface area contributed by atoms with Gasteiger partial charge in [-0.2, -0.15) is 9.40 Å². The molecule has 0 N–H and O–H groups in total.